The van der Waals surface area contributed by atoms with Gasteiger partial charge in [0.1, 0.15) is 11.6 Å². The van der Waals surface area contributed by atoms with Gasteiger partial charge in [0.15, 0.2) is 0 Å². The minimum atomic E-state index is -0.723. The number of nitrogens with one attached hydrogen (secondary N) is 1. The molecule has 0 spiro atoms. The standard InChI is InChI=1S/C13H18F2N2O/c1-3-9(7-16)13(18)17-8(2)12-10(14)5-4-6-11(12)15/h4-6,8-9H,3,7,16H2,1-2H3,(H,17,18). The van der Waals surface area contributed by atoms with E-state index < -0.39 is 17.7 Å². The molecule has 1 aromatic rings. The number of hydrogen-bond acceptors (Lipinski definition) is 2. The number of rotatable bonds is 5. The maximum atomic E-state index is 13.5. The van der Waals surface area contributed by atoms with Crippen LogP contribution in [0.15, 0.2) is 18.2 Å². The van der Waals surface area contributed by atoms with Gasteiger partial charge < -0.3 is 11.1 Å². The Hall–Kier alpha value is -1.49. The fourth-order valence-corrected chi connectivity index (χ4v) is 1.79. The normalized spacial score (nSPS) is 14.1. The van der Waals surface area contributed by atoms with Crippen LogP contribution in [0, 0.1) is 17.6 Å². The minimum absolute atomic E-state index is 0.127. The zero-order chi connectivity index (χ0) is 13.7. The van der Waals surface area contributed by atoms with Crippen LogP contribution in [0.1, 0.15) is 31.9 Å². The number of carbonyl (C=O) groups is 1. The second-order valence-corrected chi connectivity index (χ2v) is 4.21. The fraction of sp³-hybridized carbons (Fsp3) is 0.462. The van der Waals surface area contributed by atoms with Gasteiger partial charge in [-0.2, -0.15) is 0 Å². The highest BCUT2D eigenvalue weighted by Gasteiger charge is 2.21. The molecule has 0 bridgehead atoms. The quantitative estimate of drug-likeness (QED) is 0.848. The lowest BCUT2D eigenvalue weighted by atomic mass is 10.0. The molecule has 0 aliphatic rings. The van der Waals surface area contributed by atoms with E-state index in [9.17, 15) is 13.6 Å². The van der Waals surface area contributed by atoms with Gasteiger partial charge in [0.25, 0.3) is 0 Å². The van der Waals surface area contributed by atoms with E-state index in [1.807, 2.05) is 6.92 Å². The third kappa shape index (κ3) is 3.26. The van der Waals surface area contributed by atoms with E-state index in [0.29, 0.717) is 6.42 Å². The average molecular weight is 256 g/mol. The maximum absolute atomic E-state index is 13.5. The van der Waals surface area contributed by atoms with Crippen LogP contribution >= 0.6 is 0 Å². The van der Waals surface area contributed by atoms with Crippen LogP contribution in [0.5, 0.6) is 0 Å². The molecule has 3 N–H and O–H groups in total. The van der Waals surface area contributed by atoms with Gasteiger partial charge in [-0.05, 0) is 25.5 Å². The van der Waals surface area contributed by atoms with Gasteiger partial charge in [-0.15, -0.1) is 0 Å². The van der Waals surface area contributed by atoms with Crippen molar-refractivity contribution in [1.29, 1.82) is 0 Å². The molecular formula is C13H18F2N2O. The Morgan fingerprint density at radius 3 is 2.39 bits per heavy atom. The van der Waals surface area contributed by atoms with Crippen molar-refractivity contribution in [3.8, 4) is 0 Å². The van der Waals surface area contributed by atoms with E-state index in [1.54, 1.807) is 6.92 Å². The van der Waals surface area contributed by atoms with Gasteiger partial charge in [0, 0.05) is 18.0 Å². The van der Waals surface area contributed by atoms with Crippen molar-refractivity contribution in [2.75, 3.05) is 6.54 Å². The van der Waals surface area contributed by atoms with Crippen LogP contribution in [-0.4, -0.2) is 12.5 Å². The molecule has 1 rings (SSSR count). The Bertz CT molecular complexity index is 399. The molecule has 0 saturated carbocycles. The third-order valence-electron chi connectivity index (χ3n) is 2.94. The van der Waals surface area contributed by atoms with E-state index in [4.69, 9.17) is 5.73 Å². The molecule has 0 radical (unpaired) electrons. The zero-order valence-corrected chi connectivity index (χ0v) is 10.5. The predicted molar refractivity (Wildman–Crippen MR) is 65.8 cm³/mol. The molecule has 0 saturated heterocycles. The summed E-state index contributed by atoms with van der Waals surface area (Å²) in [6.07, 6.45) is 0.592. The van der Waals surface area contributed by atoms with Gasteiger partial charge in [-0.3, -0.25) is 4.79 Å². The van der Waals surface area contributed by atoms with Crippen molar-refractivity contribution in [1.82, 2.24) is 5.32 Å². The molecule has 0 aromatic heterocycles. The first-order valence-corrected chi connectivity index (χ1v) is 5.95. The van der Waals surface area contributed by atoms with Crippen LogP contribution in [0.2, 0.25) is 0 Å². The molecule has 0 aliphatic carbocycles. The number of carbonyl (C=O) groups excluding carboxylic acids is 1. The van der Waals surface area contributed by atoms with Crippen LogP contribution in [0.25, 0.3) is 0 Å². The average Bonchev–Trinajstić information content (AvgIpc) is 2.30. The maximum Gasteiger partial charge on any atom is 0.224 e. The van der Waals surface area contributed by atoms with E-state index in [2.05, 4.69) is 5.32 Å². The topological polar surface area (TPSA) is 55.1 Å². The fourth-order valence-electron chi connectivity index (χ4n) is 1.79. The molecule has 1 amide bonds. The lowest BCUT2D eigenvalue weighted by Crippen LogP contribution is -2.36. The smallest absolute Gasteiger partial charge is 0.224 e. The van der Waals surface area contributed by atoms with E-state index in [1.165, 1.54) is 18.2 Å². The Balaban J connectivity index is 2.82. The first-order chi connectivity index (χ1) is 8.51. The van der Waals surface area contributed by atoms with Gasteiger partial charge in [-0.25, -0.2) is 8.78 Å². The molecule has 0 aliphatic heterocycles. The van der Waals surface area contributed by atoms with Crippen LogP contribution in [0.3, 0.4) is 0 Å². The predicted octanol–water partition coefficient (Wildman–Crippen LogP) is 2.13. The Labute approximate surface area is 105 Å². The van der Waals surface area contributed by atoms with Crippen LogP contribution in [0.4, 0.5) is 8.78 Å². The number of hydrogen-bond donors (Lipinski definition) is 2. The van der Waals surface area contributed by atoms with Crippen molar-refractivity contribution in [3.05, 3.63) is 35.4 Å². The largest absolute Gasteiger partial charge is 0.349 e. The summed E-state index contributed by atoms with van der Waals surface area (Å²) in [7, 11) is 0. The Morgan fingerprint density at radius 2 is 1.94 bits per heavy atom. The monoisotopic (exact) mass is 256 g/mol. The van der Waals surface area contributed by atoms with E-state index >= 15 is 0 Å². The number of halogens is 2. The second kappa shape index (κ2) is 6.44. The number of nitrogens with two attached hydrogens (primary N) is 1. The van der Waals surface area contributed by atoms with Crippen molar-refractivity contribution in [2.45, 2.75) is 26.3 Å². The Morgan fingerprint density at radius 1 is 1.39 bits per heavy atom. The molecule has 2 atom stereocenters. The van der Waals surface area contributed by atoms with Crippen molar-refractivity contribution in [2.24, 2.45) is 11.7 Å². The number of amides is 1. The minimum Gasteiger partial charge on any atom is -0.349 e. The molecule has 1 aromatic carbocycles. The lowest BCUT2D eigenvalue weighted by Gasteiger charge is -2.19. The van der Waals surface area contributed by atoms with Crippen molar-refractivity contribution >= 4 is 5.91 Å². The highest BCUT2D eigenvalue weighted by atomic mass is 19.1. The van der Waals surface area contributed by atoms with Crippen LogP contribution in [-0.2, 0) is 4.79 Å². The summed E-state index contributed by atoms with van der Waals surface area (Å²) >= 11 is 0. The highest BCUT2D eigenvalue weighted by molar-refractivity contribution is 5.79. The molecule has 0 fully saturated rings. The van der Waals surface area contributed by atoms with Crippen molar-refractivity contribution < 1.29 is 13.6 Å². The van der Waals surface area contributed by atoms with Gasteiger partial charge in [0.05, 0.1) is 6.04 Å². The van der Waals surface area contributed by atoms with Crippen LogP contribution < -0.4 is 11.1 Å². The summed E-state index contributed by atoms with van der Waals surface area (Å²) in [6, 6.07) is 2.90. The molecule has 5 heteroatoms. The SMILES string of the molecule is CCC(CN)C(=O)NC(C)c1c(F)cccc1F. The summed E-state index contributed by atoms with van der Waals surface area (Å²) in [5.41, 5.74) is 5.32. The number of benzene rings is 1. The first kappa shape index (κ1) is 14.6. The second-order valence-electron chi connectivity index (χ2n) is 4.21. The van der Waals surface area contributed by atoms with Gasteiger partial charge in [0.2, 0.25) is 5.91 Å². The van der Waals surface area contributed by atoms with Gasteiger partial charge >= 0.3 is 0 Å². The highest BCUT2D eigenvalue weighted by Crippen LogP contribution is 2.20. The molecule has 100 valence electrons. The van der Waals surface area contributed by atoms with E-state index in [-0.39, 0.29) is 23.9 Å². The lowest BCUT2D eigenvalue weighted by molar-refractivity contribution is -0.125. The molecular weight excluding hydrogens is 238 g/mol. The summed E-state index contributed by atoms with van der Waals surface area (Å²) in [5.74, 6) is -1.94. The first-order valence-electron chi connectivity index (χ1n) is 5.95. The van der Waals surface area contributed by atoms with Gasteiger partial charge in [-0.1, -0.05) is 13.0 Å². The van der Waals surface area contributed by atoms with E-state index in [0.717, 1.165) is 0 Å². The summed E-state index contributed by atoms with van der Waals surface area (Å²) < 4.78 is 27.0. The summed E-state index contributed by atoms with van der Waals surface area (Å²) in [5, 5.41) is 2.58. The third-order valence-corrected chi connectivity index (χ3v) is 2.94. The summed E-state index contributed by atoms with van der Waals surface area (Å²) in [4.78, 5) is 11.8. The van der Waals surface area contributed by atoms with Crippen molar-refractivity contribution in [3.63, 3.8) is 0 Å². The zero-order valence-electron chi connectivity index (χ0n) is 10.5. The molecule has 3 nitrogen and oxygen atoms in total. The molecule has 18 heavy (non-hydrogen) atoms. The molecule has 2 unspecified atom stereocenters. The summed E-state index contributed by atoms with van der Waals surface area (Å²) in [6.45, 7) is 3.60. The Kier molecular flexibility index (Phi) is 5.22. The molecule has 0 heterocycles.